The molecule has 0 bridgehead atoms. The molecule has 0 saturated carbocycles. The molecule has 0 fully saturated rings. The number of carboxylic acids is 1. The molecule has 20 heavy (non-hydrogen) atoms. The van der Waals surface area contributed by atoms with Gasteiger partial charge in [-0.05, 0) is 12.1 Å². The van der Waals surface area contributed by atoms with Gasteiger partial charge in [-0.15, -0.1) is 5.10 Å². The first-order valence-electron chi connectivity index (χ1n) is 5.03. The summed E-state index contributed by atoms with van der Waals surface area (Å²) >= 11 is 0. The highest BCUT2D eigenvalue weighted by atomic mass is 16.6. The first kappa shape index (κ1) is 16.8. The average Bonchev–Trinajstić information content (AvgIpc) is 2.29. The lowest BCUT2D eigenvalue weighted by Crippen LogP contribution is -2.21. The van der Waals surface area contributed by atoms with Crippen molar-refractivity contribution in [1.29, 1.82) is 0 Å². The van der Waals surface area contributed by atoms with Crippen LogP contribution in [-0.2, 0) is 4.79 Å². The number of rotatable bonds is 3. The third kappa shape index (κ3) is 7.21. The van der Waals surface area contributed by atoms with Crippen molar-refractivity contribution in [2.75, 3.05) is 0 Å². The first-order chi connectivity index (χ1) is 9.23. The zero-order chi connectivity index (χ0) is 15.7. The fourth-order valence-corrected chi connectivity index (χ4v) is 0.929. The van der Waals surface area contributed by atoms with Gasteiger partial charge in [0.1, 0.15) is 0 Å². The maximum Gasteiger partial charge on any atom is 0.311 e. The Labute approximate surface area is 113 Å². The van der Waals surface area contributed by atoms with Crippen LogP contribution >= 0.6 is 0 Å². The highest BCUT2D eigenvalue weighted by Gasteiger charge is 2.12. The van der Waals surface area contributed by atoms with E-state index in [9.17, 15) is 10.1 Å². The van der Waals surface area contributed by atoms with Gasteiger partial charge < -0.3 is 21.7 Å². The predicted octanol–water partition coefficient (Wildman–Crippen LogP) is -0.00140. The van der Waals surface area contributed by atoms with Crippen molar-refractivity contribution in [3.63, 3.8) is 0 Å². The van der Waals surface area contributed by atoms with Crippen molar-refractivity contribution in [1.82, 2.24) is 0 Å². The minimum absolute atomic E-state index is 0.218. The number of phenols is 1. The lowest BCUT2D eigenvalue weighted by Gasteiger charge is -1.96. The van der Waals surface area contributed by atoms with Gasteiger partial charge >= 0.3 is 5.69 Å². The Morgan fingerprint density at radius 1 is 1.45 bits per heavy atom. The SMILES string of the molecule is CC(=O)O.NC(N)=N/N=C\c1ccc(O)c([N+](=O)[O-])c1. The number of guanidine groups is 1. The smallest absolute Gasteiger partial charge is 0.311 e. The zero-order valence-electron chi connectivity index (χ0n) is 10.4. The average molecular weight is 283 g/mol. The second-order valence-electron chi connectivity index (χ2n) is 3.29. The van der Waals surface area contributed by atoms with E-state index >= 15 is 0 Å². The van der Waals surface area contributed by atoms with E-state index in [1.807, 2.05) is 0 Å². The van der Waals surface area contributed by atoms with Crippen LogP contribution < -0.4 is 11.5 Å². The molecule has 1 aromatic rings. The Kier molecular flexibility index (Phi) is 6.75. The highest BCUT2D eigenvalue weighted by molar-refractivity contribution is 5.82. The third-order valence-corrected chi connectivity index (χ3v) is 1.58. The molecule has 6 N–H and O–H groups in total. The summed E-state index contributed by atoms with van der Waals surface area (Å²) in [7, 11) is 0. The second kappa shape index (κ2) is 8.02. The lowest BCUT2D eigenvalue weighted by molar-refractivity contribution is -0.385. The Balaban J connectivity index is 0.000000796. The summed E-state index contributed by atoms with van der Waals surface area (Å²) in [6.07, 6.45) is 1.23. The number of hydrogen-bond donors (Lipinski definition) is 4. The van der Waals surface area contributed by atoms with Crippen LogP contribution in [0.2, 0.25) is 0 Å². The van der Waals surface area contributed by atoms with Gasteiger partial charge in [-0.25, -0.2) is 0 Å². The molecule has 108 valence electrons. The molecule has 1 rings (SSSR count). The number of phenolic OH excluding ortho intramolecular Hbond substituents is 1. The molecular weight excluding hydrogens is 270 g/mol. The van der Waals surface area contributed by atoms with Gasteiger partial charge in [0.15, 0.2) is 5.75 Å². The van der Waals surface area contributed by atoms with Crippen molar-refractivity contribution in [2.45, 2.75) is 6.92 Å². The van der Waals surface area contributed by atoms with E-state index in [1.54, 1.807) is 0 Å². The van der Waals surface area contributed by atoms with Crippen LogP contribution in [-0.4, -0.2) is 33.3 Å². The molecule has 0 amide bonds. The lowest BCUT2D eigenvalue weighted by atomic mass is 10.2. The van der Waals surface area contributed by atoms with E-state index in [0.29, 0.717) is 5.56 Å². The van der Waals surface area contributed by atoms with E-state index in [2.05, 4.69) is 10.2 Å². The fourth-order valence-electron chi connectivity index (χ4n) is 0.929. The predicted molar refractivity (Wildman–Crippen MR) is 71.5 cm³/mol. The van der Waals surface area contributed by atoms with Crippen molar-refractivity contribution in [2.24, 2.45) is 21.7 Å². The quantitative estimate of drug-likeness (QED) is 0.261. The number of benzene rings is 1. The summed E-state index contributed by atoms with van der Waals surface area (Å²) in [5.41, 5.74) is 10.0. The van der Waals surface area contributed by atoms with Gasteiger partial charge in [0.2, 0.25) is 5.96 Å². The Bertz CT molecular complexity index is 547. The van der Waals surface area contributed by atoms with Gasteiger partial charge in [0, 0.05) is 18.6 Å². The number of nitrogens with two attached hydrogens (primary N) is 2. The van der Waals surface area contributed by atoms with Gasteiger partial charge in [0.05, 0.1) is 11.1 Å². The fraction of sp³-hybridized carbons (Fsp3) is 0.100. The van der Waals surface area contributed by atoms with Crippen LogP contribution in [0.5, 0.6) is 5.75 Å². The van der Waals surface area contributed by atoms with E-state index in [4.69, 9.17) is 26.5 Å². The minimum Gasteiger partial charge on any atom is -0.502 e. The standard InChI is InChI=1S/C8H9N5O3.C2H4O2/c9-8(10)12-11-4-5-1-2-7(14)6(3-5)13(15)16;1-2(3)4/h1-4,14H,(H4,9,10,12);1H3,(H,3,4)/b11-4-;. The molecule has 0 heterocycles. The Morgan fingerprint density at radius 2 is 2.00 bits per heavy atom. The molecule has 0 aliphatic heterocycles. The number of aliphatic carboxylic acids is 1. The van der Waals surface area contributed by atoms with Crippen molar-refractivity contribution >= 4 is 23.8 Å². The topological polar surface area (TPSA) is 177 Å². The van der Waals surface area contributed by atoms with Crippen LogP contribution in [0.4, 0.5) is 5.69 Å². The minimum atomic E-state index is -0.833. The molecule has 0 aromatic heterocycles. The van der Waals surface area contributed by atoms with Gasteiger partial charge in [0.25, 0.3) is 5.97 Å². The number of hydrogen-bond acceptors (Lipinski definition) is 6. The molecule has 0 radical (unpaired) electrons. The summed E-state index contributed by atoms with van der Waals surface area (Å²) in [5.74, 6) is -1.46. The summed E-state index contributed by atoms with van der Waals surface area (Å²) in [4.78, 5) is 18.8. The number of carbonyl (C=O) groups is 1. The van der Waals surface area contributed by atoms with Crippen molar-refractivity contribution in [3.05, 3.63) is 33.9 Å². The van der Waals surface area contributed by atoms with E-state index < -0.39 is 22.3 Å². The molecule has 10 nitrogen and oxygen atoms in total. The summed E-state index contributed by atoms with van der Waals surface area (Å²) in [5, 5.41) is 33.9. The maximum atomic E-state index is 10.5. The van der Waals surface area contributed by atoms with Crippen LogP contribution in [0.25, 0.3) is 0 Å². The largest absolute Gasteiger partial charge is 0.502 e. The van der Waals surface area contributed by atoms with Crippen LogP contribution in [0.3, 0.4) is 0 Å². The van der Waals surface area contributed by atoms with E-state index in [-0.39, 0.29) is 5.96 Å². The molecule has 0 aliphatic carbocycles. The molecule has 0 unspecified atom stereocenters. The van der Waals surface area contributed by atoms with Gasteiger partial charge in [-0.2, -0.15) is 5.10 Å². The summed E-state index contributed by atoms with van der Waals surface area (Å²) < 4.78 is 0. The maximum absolute atomic E-state index is 10.5. The van der Waals surface area contributed by atoms with Gasteiger partial charge in [-0.3, -0.25) is 14.9 Å². The van der Waals surface area contributed by atoms with E-state index in [1.165, 1.54) is 18.3 Å². The molecule has 0 spiro atoms. The van der Waals surface area contributed by atoms with E-state index in [0.717, 1.165) is 13.0 Å². The number of nitro groups is 1. The van der Waals surface area contributed by atoms with Crippen LogP contribution in [0.1, 0.15) is 12.5 Å². The second-order valence-corrected chi connectivity index (χ2v) is 3.29. The molecule has 0 saturated heterocycles. The number of nitro benzene ring substituents is 1. The van der Waals surface area contributed by atoms with Crippen molar-refractivity contribution in [3.8, 4) is 5.75 Å². The zero-order valence-corrected chi connectivity index (χ0v) is 10.4. The molecule has 1 aromatic carbocycles. The monoisotopic (exact) mass is 283 g/mol. The van der Waals surface area contributed by atoms with Crippen LogP contribution in [0, 0.1) is 10.1 Å². The number of carboxylic acid groups (broad SMARTS) is 1. The highest BCUT2D eigenvalue weighted by Crippen LogP contribution is 2.25. The van der Waals surface area contributed by atoms with Crippen molar-refractivity contribution < 1.29 is 19.9 Å². The van der Waals surface area contributed by atoms with Gasteiger partial charge in [-0.1, -0.05) is 0 Å². The summed E-state index contributed by atoms with van der Waals surface area (Å²) in [6, 6.07) is 3.78. The summed E-state index contributed by atoms with van der Waals surface area (Å²) in [6.45, 7) is 1.08. The molecule has 0 atom stereocenters. The number of nitrogens with zero attached hydrogens (tertiary/aromatic N) is 3. The number of aromatic hydroxyl groups is 1. The normalized spacial score (nSPS) is 9.45. The molecular formula is C10H13N5O5. The Hall–Kier alpha value is -3.17. The van der Waals surface area contributed by atoms with Crippen LogP contribution in [0.15, 0.2) is 28.4 Å². The Morgan fingerprint density at radius 3 is 2.45 bits per heavy atom. The third-order valence-electron chi connectivity index (χ3n) is 1.58. The molecule has 0 aliphatic rings. The first-order valence-corrected chi connectivity index (χ1v) is 5.03. The molecule has 10 heteroatoms.